The molecule has 2 heterocycles. The summed E-state index contributed by atoms with van der Waals surface area (Å²) in [5, 5.41) is 4.23. The maximum Gasteiger partial charge on any atom is 0.224 e. The Bertz CT molecular complexity index is 652. The Morgan fingerprint density at radius 2 is 2.09 bits per heavy atom. The molecule has 23 heavy (non-hydrogen) atoms. The lowest BCUT2D eigenvalue weighted by Crippen LogP contribution is -2.30. The van der Waals surface area contributed by atoms with Crippen LogP contribution in [0.4, 0.5) is 0 Å². The van der Waals surface area contributed by atoms with Crippen LogP contribution in [0.2, 0.25) is 0 Å². The molecule has 2 atom stereocenters. The third kappa shape index (κ3) is 3.62. The van der Waals surface area contributed by atoms with Crippen molar-refractivity contribution in [3.05, 3.63) is 53.9 Å². The van der Waals surface area contributed by atoms with Gasteiger partial charge in [-0.2, -0.15) is 5.10 Å². The van der Waals surface area contributed by atoms with E-state index >= 15 is 0 Å². The number of hydrogen-bond donors (Lipinski definition) is 1. The van der Waals surface area contributed by atoms with Crippen LogP contribution < -0.4 is 5.73 Å². The normalized spacial score (nSPS) is 20.9. The number of rotatable bonds is 5. The molecule has 1 saturated heterocycles. The first-order chi connectivity index (χ1) is 11.2. The summed E-state index contributed by atoms with van der Waals surface area (Å²) in [6.45, 7) is 4.77. The molecule has 5 nitrogen and oxygen atoms in total. The summed E-state index contributed by atoms with van der Waals surface area (Å²) in [6, 6.07) is 10.4. The van der Waals surface area contributed by atoms with E-state index in [0.717, 1.165) is 18.7 Å². The number of nitrogens with two attached hydrogens (primary N) is 1. The molecular formula is C18H24N4O. The highest BCUT2D eigenvalue weighted by Gasteiger charge is 2.34. The quantitative estimate of drug-likeness (QED) is 0.915. The van der Waals surface area contributed by atoms with E-state index in [1.807, 2.05) is 47.1 Å². The molecule has 122 valence electrons. The van der Waals surface area contributed by atoms with Gasteiger partial charge < -0.3 is 10.6 Å². The van der Waals surface area contributed by atoms with E-state index in [4.69, 9.17) is 5.73 Å². The predicted molar refractivity (Wildman–Crippen MR) is 89.9 cm³/mol. The van der Waals surface area contributed by atoms with Crippen molar-refractivity contribution in [3.8, 4) is 0 Å². The van der Waals surface area contributed by atoms with Crippen LogP contribution >= 0.6 is 0 Å². The van der Waals surface area contributed by atoms with Crippen molar-refractivity contribution in [2.45, 2.75) is 25.8 Å². The van der Waals surface area contributed by atoms with Crippen LogP contribution in [0.1, 0.15) is 23.5 Å². The maximum absolute atomic E-state index is 12.5. The third-order valence-electron chi connectivity index (χ3n) is 4.64. The Balaban J connectivity index is 1.61. The lowest BCUT2D eigenvalue weighted by molar-refractivity contribution is -0.130. The maximum atomic E-state index is 12.5. The summed E-state index contributed by atoms with van der Waals surface area (Å²) >= 11 is 0. The van der Waals surface area contributed by atoms with Crippen LogP contribution in [-0.4, -0.2) is 40.2 Å². The van der Waals surface area contributed by atoms with Crippen molar-refractivity contribution in [2.24, 2.45) is 11.7 Å². The molecule has 1 aliphatic rings. The molecule has 1 amide bonds. The van der Waals surface area contributed by atoms with Crippen LogP contribution in [0, 0.1) is 12.8 Å². The molecule has 0 unspecified atom stereocenters. The highest BCUT2D eigenvalue weighted by Crippen LogP contribution is 2.32. The molecule has 0 aliphatic carbocycles. The molecule has 0 spiro atoms. The SMILES string of the molecule is Cc1cnn(CCC(=O)N2C[C@@H](CN)[C@H](c3ccccc3)C2)c1. The van der Waals surface area contributed by atoms with Crippen molar-refractivity contribution in [3.63, 3.8) is 0 Å². The second-order valence-electron chi connectivity index (χ2n) is 6.34. The molecular weight excluding hydrogens is 288 g/mol. The van der Waals surface area contributed by atoms with Crippen LogP contribution in [0.3, 0.4) is 0 Å². The van der Waals surface area contributed by atoms with E-state index in [0.29, 0.717) is 31.3 Å². The zero-order chi connectivity index (χ0) is 16.2. The Labute approximate surface area is 137 Å². The lowest BCUT2D eigenvalue weighted by atomic mass is 9.89. The van der Waals surface area contributed by atoms with Gasteiger partial charge in [-0.05, 0) is 30.5 Å². The molecule has 3 rings (SSSR count). The molecule has 5 heteroatoms. The summed E-state index contributed by atoms with van der Waals surface area (Å²) < 4.78 is 1.83. The molecule has 1 fully saturated rings. The monoisotopic (exact) mass is 312 g/mol. The van der Waals surface area contributed by atoms with Crippen molar-refractivity contribution < 1.29 is 4.79 Å². The first kappa shape index (κ1) is 15.7. The zero-order valence-corrected chi connectivity index (χ0v) is 13.6. The van der Waals surface area contributed by atoms with E-state index in [1.54, 1.807) is 0 Å². The second-order valence-corrected chi connectivity index (χ2v) is 6.34. The van der Waals surface area contributed by atoms with Gasteiger partial charge in [-0.3, -0.25) is 9.48 Å². The number of likely N-dealkylation sites (tertiary alicyclic amines) is 1. The average Bonchev–Trinajstić information content (AvgIpc) is 3.19. The van der Waals surface area contributed by atoms with Gasteiger partial charge in [-0.25, -0.2) is 0 Å². The topological polar surface area (TPSA) is 64.2 Å². The van der Waals surface area contributed by atoms with Gasteiger partial charge in [0.1, 0.15) is 0 Å². The van der Waals surface area contributed by atoms with Crippen molar-refractivity contribution >= 4 is 5.91 Å². The molecule has 1 aromatic carbocycles. The van der Waals surface area contributed by atoms with Crippen LogP contribution in [0.25, 0.3) is 0 Å². The largest absolute Gasteiger partial charge is 0.342 e. The van der Waals surface area contributed by atoms with Crippen molar-refractivity contribution in [2.75, 3.05) is 19.6 Å². The van der Waals surface area contributed by atoms with Crippen molar-refractivity contribution in [1.82, 2.24) is 14.7 Å². The fourth-order valence-electron chi connectivity index (χ4n) is 3.35. The molecule has 1 aliphatic heterocycles. The van der Waals surface area contributed by atoms with Gasteiger partial charge in [0.15, 0.2) is 0 Å². The number of hydrogen-bond acceptors (Lipinski definition) is 3. The molecule has 1 aromatic heterocycles. The summed E-state index contributed by atoms with van der Waals surface area (Å²) in [7, 11) is 0. The van der Waals surface area contributed by atoms with Gasteiger partial charge in [-0.15, -0.1) is 0 Å². The smallest absolute Gasteiger partial charge is 0.224 e. The van der Waals surface area contributed by atoms with E-state index in [-0.39, 0.29) is 5.91 Å². The number of aromatic nitrogens is 2. The predicted octanol–water partition coefficient (Wildman–Crippen LogP) is 1.78. The molecule has 2 aromatic rings. The second kappa shape index (κ2) is 6.96. The molecule has 0 saturated carbocycles. The van der Waals surface area contributed by atoms with E-state index in [2.05, 4.69) is 17.2 Å². The minimum absolute atomic E-state index is 0.190. The van der Waals surface area contributed by atoms with Gasteiger partial charge in [0.25, 0.3) is 0 Å². The van der Waals surface area contributed by atoms with Gasteiger partial charge in [0.05, 0.1) is 6.20 Å². The van der Waals surface area contributed by atoms with E-state index < -0.39 is 0 Å². The van der Waals surface area contributed by atoms with Crippen molar-refractivity contribution in [1.29, 1.82) is 0 Å². The Hall–Kier alpha value is -2.14. The summed E-state index contributed by atoms with van der Waals surface area (Å²) in [5.41, 5.74) is 8.33. The van der Waals surface area contributed by atoms with Crippen LogP contribution in [0.15, 0.2) is 42.7 Å². The zero-order valence-electron chi connectivity index (χ0n) is 13.6. The highest BCUT2D eigenvalue weighted by atomic mass is 16.2. The summed E-state index contributed by atoms with van der Waals surface area (Å²) in [6.07, 6.45) is 4.27. The van der Waals surface area contributed by atoms with Gasteiger partial charge >= 0.3 is 0 Å². The fraction of sp³-hybridized carbons (Fsp3) is 0.444. The number of benzene rings is 1. The van der Waals surface area contributed by atoms with Gasteiger partial charge in [0.2, 0.25) is 5.91 Å². The highest BCUT2D eigenvalue weighted by molar-refractivity contribution is 5.76. The first-order valence-corrected chi connectivity index (χ1v) is 8.19. The fourth-order valence-corrected chi connectivity index (χ4v) is 3.35. The number of nitrogens with zero attached hydrogens (tertiary/aromatic N) is 3. The van der Waals surface area contributed by atoms with Gasteiger partial charge in [0, 0.05) is 38.2 Å². The number of carbonyl (C=O) groups excluding carboxylic acids is 1. The standard InChI is InChI=1S/C18H24N4O/c1-14-10-20-22(11-14)8-7-18(23)21-12-16(9-19)17(13-21)15-5-3-2-4-6-15/h2-6,10-11,16-17H,7-9,12-13,19H2,1H3/t16-,17+/m1/s1. The minimum atomic E-state index is 0.190. The Kier molecular flexibility index (Phi) is 4.76. The van der Waals surface area contributed by atoms with Gasteiger partial charge in [-0.1, -0.05) is 30.3 Å². The van der Waals surface area contributed by atoms with E-state index in [1.165, 1.54) is 5.56 Å². The molecule has 0 bridgehead atoms. The Morgan fingerprint density at radius 1 is 1.30 bits per heavy atom. The van der Waals surface area contributed by atoms with Crippen LogP contribution in [-0.2, 0) is 11.3 Å². The number of aryl methyl sites for hydroxylation is 2. The Morgan fingerprint density at radius 3 is 2.74 bits per heavy atom. The first-order valence-electron chi connectivity index (χ1n) is 8.19. The minimum Gasteiger partial charge on any atom is -0.342 e. The summed E-state index contributed by atoms with van der Waals surface area (Å²) in [5.74, 6) is 0.875. The average molecular weight is 312 g/mol. The number of carbonyl (C=O) groups is 1. The molecule has 2 N–H and O–H groups in total. The van der Waals surface area contributed by atoms with Crippen LogP contribution in [0.5, 0.6) is 0 Å². The number of amides is 1. The summed E-state index contributed by atoms with van der Waals surface area (Å²) in [4.78, 5) is 14.5. The van der Waals surface area contributed by atoms with E-state index in [9.17, 15) is 4.79 Å². The molecule has 0 radical (unpaired) electrons. The lowest BCUT2D eigenvalue weighted by Gasteiger charge is -2.17. The third-order valence-corrected chi connectivity index (χ3v) is 4.64.